The minimum absolute atomic E-state index is 0.115. The summed E-state index contributed by atoms with van der Waals surface area (Å²) in [5.74, 6) is 1.30. The molecule has 0 heterocycles. The molecule has 1 aliphatic rings. The van der Waals surface area contributed by atoms with Gasteiger partial charge in [-0.1, -0.05) is 43.0 Å². The van der Waals surface area contributed by atoms with Gasteiger partial charge in [-0.3, -0.25) is 4.79 Å². The molecule has 0 aromatic heterocycles. The summed E-state index contributed by atoms with van der Waals surface area (Å²) in [6.45, 7) is 2.69. The highest BCUT2D eigenvalue weighted by atomic mass is 35.5. The first kappa shape index (κ1) is 17.4. The van der Waals surface area contributed by atoms with Gasteiger partial charge in [0.1, 0.15) is 5.75 Å². The zero-order chi connectivity index (χ0) is 15.9. The minimum Gasteiger partial charge on any atom is -0.492 e. The molecule has 1 fully saturated rings. The second kappa shape index (κ2) is 8.64. The highest BCUT2D eigenvalue weighted by Gasteiger charge is 2.22. The van der Waals surface area contributed by atoms with Gasteiger partial charge in [0.05, 0.1) is 11.6 Å². The van der Waals surface area contributed by atoms with Crippen molar-refractivity contribution in [1.29, 1.82) is 0 Å². The second-order valence-electron chi connectivity index (χ2n) is 5.96. The summed E-state index contributed by atoms with van der Waals surface area (Å²) in [7, 11) is 0. The number of rotatable bonds is 6. The number of hydrogen-bond acceptors (Lipinski definition) is 2. The fourth-order valence-electron chi connectivity index (χ4n) is 2.82. The van der Waals surface area contributed by atoms with E-state index in [1.165, 1.54) is 19.3 Å². The molecule has 1 N–H and O–H groups in total. The molecule has 2 rings (SSSR count). The summed E-state index contributed by atoms with van der Waals surface area (Å²) < 4.78 is 5.58. The molecular formula is C17H23Cl2NO2. The third kappa shape index (κ3) is 5.36. The van der Waals surface area contributed by atoms with Gasteiger partial charge in [0.2, 0.25) is 5.91 Å². The normalized spacial score (nSPS) is 21.4. The number of benzene rings is 1. The van der Waals surface area contributed by atoms with Crippen molar-refractivity contribution in [2.75, 3.05) is 6.61 Å². The van der Waals surface area contributed by atoms with Crippen molar-refractivity contribution >= 4 is 29.1 Å². The van der Waals surface area contributed by atoms with Crippen LogP contribution in [0, 0.1) is 5.92 Å². The lowest BCUT2D eigenvalue weighted by Crippen LogP contribution is -2.41. The van der Waals surface area contributed by atoms with Crippen molar-refractivity contribution in [3.63, 3.8) is 0 Å². The first-order valence-corrected chi connectivity index (χ1v) is 8.69. The molecule has 0 saturated heterocycles. The van der Waals surface area contributed by atoms with E-state index in [0.717, 1.165) is 6.42 Å². The highest BCUT2D eigenvalue weighted by Crippen LogP contribution is 2.27. The third-order valence-electron chi connectivity index (χ3n) is 4.16. The molecule has 0 unspecified atom stereocenters. The number of nitrogens with one attached hydrogen (secondary N) is 1. The zero-order valence-electron chi connectivity index (χ0n) is 12.9. The summed E-state index contributed by atoms with van der Waals surface area (Å²) in [4.78, 5) is 12.0. The average molecular weight is 344 g/mol. The predicted octanol–water partition coefficient (Wildman–Crippen LogP) is 4.85. The molecule has 1 saturated carbocycles. The van der Waals surface area contributed by atoms with Gasteiger partial charge in [0, 0.05) is 17.5 Å². The van der Waals surface area contributed by atoms with E-state index in [2.05, 4.69) is 12.2 Å². The van der Waals surface area contributed by atoms with Gasteiger partial charge in [-0.2, -0.15) is 0 Å². The predicted molar refractivity (Wildman–Crippen MR) is 90.8 cm³/mol. The summed E-state index contributed by atoms with van der Waals surface area (Å²) in [5, 5.41) is 4.22. The molecule has 0 radical (unpaired) electrons. The van der Waals surface area contributed by atoms with Crippen LogP contribution in [0.3, 0.4) is 0 Å². The van der Waals surface area contributed by atoms with E-state index in [4.69, 9.17) is 27.9 Å². The summed E-state index contributed by atoms with van der Waals surface area (Å²) in [6, 6.07) is 5.47. The van der Waals surface area contributed by atoms with Gasteiger partial charge in [0.15, 0.2) is 0 Å². The maximum Gasteiger partial charge on any atom is 0.220 e. The Morgan fingerprint density at radius 3 is 2.82 bits per heavy atom. The molecule has 1 aromatic carbocycles. The van der Waals surface area contributed by atoms with E-state index in [-0.39, 0.29) is 5.91 Å². The van der Waals surface area contributed by atoms with Crippen molar-refractivity contribution in [2.45, 2.75) is 51.5 Å². The van der Waals surface area contributed by atoms with Crippen LogP contribution in [0.2, 0.25) is 10.0 Å². The van der Waals surface area contributed by atoms with Crippen molar-refractivity contribution in [3.8, 4) is 5.75 Å². The lowest BCUT2D eigenvalue weighted by atomic mass is 9.86. The van der Waals surface area contributed by atoms with Crippen LogP contribution in [0.25, 0.3) is 0 Å². The average Bonchev–Trinajstić information content (AvgIpc) is 2.48. The first-order chi connectivity index (χ1) is 10.6. The molecule has 1 aromatic rings. The van der Waals surface area contributed by atoms with E-state index >= 15 is 0 Å². The molecule has 0 spiro atoms. The molecule has 1 aliphatic carbocycles. The quantitative estimate of drug-likeness (QED) is 0.750. The van der Waals surface area contributed by atoms with Crippen LogP contribution in [-0.4, -0.2) is 18.6 Å². The smallest absolute Gasteiger partial charge is 0.220 e. The Labute approximate surface area is 142 Å². The number of halogens is 2. The molecule has 5 heteroatoms. The molecule has 1 amide bonds. The van der Waals surface area contributed by atoms with Gasteiger partial charge >= 0.3 is 0 Å². The van der Waals surface area contributed by atoms with Crippen molar-refractivity contribution in [1.82, 2.24) is 5.32 Å². The third-order valence-corrected chi connectivity index (χ3v) is 4.69. The van der Waals surface area contributed by atoms with Gasteiger partial charge in [-0.25, -0.2) is 0 Å². The molecule has 122 valence electrons. The Kier molecular flexibility index (Phi) is 6.84. The lowest BCUT2D eigenvalue weighted by Gasteiger charge is -2.29. The van der Waals surface area contributed by atoms with Crippen molar-refractivity contribution < 1.29 is 9.53 Å². The van der Waals surface area contributed by atoms with E-state index in [0.29, 0.717) is 47.2 Å². The zero-order valence-corrected chi connectivity index (χ0v) is 14.4. The Bertz CT molecular complexity index is 507. The standard InChI is InChI=1S/C17H23Cl2NO2/c1-12-5-2-3-6-15(12)20-17(21)7-4-10-22-16-9-8-13(18)11-14(16)19/h8-9,11-12,15H,2-7,10H2,1H3,(H,20,21)/t12-,15+/m1/s1. The van der Waals surface area contributed by atoms with Crippen LogP contribution < -0.4 is 10.1 Å². The van der Waals surface area contributed by atoms with E-state index in [1.54, 1.807) is 18.2 Å². The Morgan fingerprint density at radius 1 is 1.32 bits per heavy atom. The maximum absolute atomic E-state index is 12.0. The SMILES string of the molecule is C[C@@H]1CCCC[C@@H]1NC(=O)CCCOc1ccc(Cl)cc1Cl. The number of carbonyl (C=O) groups excluding carboxylic acids is 1. The number of hydrogen-bond donors (Lipinski definition) is 1. The Hall–Kier alpha value is -0.930. The molecule has 0 aliphatic heterocycles. The largest absolute Gasteiger partial charge is 0.492 e. The van der Waals surface area contributed by atoms with Crippen LogP contribution in [-0.2, 0) is 4.79 Å². The van der Waals surface area contributed by atoms with Gasteiger partial charge < -0.3 is 10.1 Å². The monoisotopic (exact) mass is 343 g/mol. The van der Waals surface area contributed by atoms with Crippen LogP contribution >= 0.6 is 23.2 Å². The minimum atomic E-state index is 0.115. The lowest BCUT2D eigenvalue weighted by molar-refractivity contribution is -0.122. The number of carbonyl (C=O) groups is 1. The number of ether oxygens (including phenoxy) is 1. The van der Waals surface area contributed by atoms with E-state index in [9.17, 15) is 4.79 Å². The van der Waals surface area contributed by atoms with E-state index < -0.39 is 0 Å². The summed E-state index contributed by atoms with van der Waals surface area (Å²) in [6.07, 6.45) is 5.96. The second-order valence-corrected chi connectivity index (χ2v) is 6.81. The van der Waals surface area contributed by atoms with Crippen LogP contribution in [0.1, 0.15) is 45.4 Å². The van der Waals surface area contributed by atoms with Crippen LogP contribution in [0.4, 0.5) is 0 Å². The van der Waals surface area contributed by atoms with Crippen LogP contribution in [0.5, 0.6) is 5.75 Å². The molecule has 22 heavy (non-hydrogen) atoms. The highest BCUT2D eigenvalue weighted by molar-refractivity contribution is 6.35. The summed E-state index contributed by atoms with van der Waals surface area (Å²) >= 11 is 11.9. The molecule has 3 nitrogen and oxygen atoms in total. The Morgan fingerprint density at radius 2 is 2.09 bits per heavy atom. The summed E-state index contributed by atoms with van der Waals surface area (Å²) in [5.41, 5.74) is 0. The van der Waals surface area contributed by atoms with Crippen LogP contribution in [0.15, 0.2) is 18.2 Å². The van der Waals surface area contributed by atoms with Gasteiger partial charge in [0.25, 0.3) is 0 Å². The van der Waals surface area contributed by atoms with Gasteiger partial charge in [-0.05, 0) is 43.4 Å². The fraction of sp³-hybridized carbons (Fsp3) is 0.588. The van der Waals surface area contributed by atoms with Crippen molar-refractivity contribution in [3.05, 3.63) is 28.2 Å². The number of amides is 1. The maximum atomic E-state index is 12.0. The topological polar surface area (TPSA) is 38.3 Å². The first-order valence-electron chi connectivity index (χ1n) is 7.93. The Balaban J connectivity index is 1.66. The van der Waals surface area contributed by atoms with E-state index in [1.807, 2.05) is 0 Å². The molecular weight excluding hydrogens is 321 g/mol. The molecule has 2 atom stereocenters. The van der Waals surface area contributed by atoms with Gasteiger partial charge in [-0.15, -0.1) is 0 Å². The van der Waals surface area contributed by atoms with Crippen molar-refractivity contribution in [2.24, 2.45) is 5.92 Å². The fourth-order valence-corrected chi connectivity index (χ4v) is 3.28. The molecule has 0 bridgehead atoms.